The third kappa shape index (κ3) is 2.54. The average molecular weight is 419 g/mol. The van der Waals surface area contributed by atoms with Crippen molar-refractivity contribution in [3.8, 4) is 11.5 Å². The Labute approximate surface area is 169 Å². The maximum Gasteiger partial charge on any atom is 0.278 e. The topological polar surface area (TPSA) is 77.4 Å². The minimum absolute atomic E-state index is 0.310. The van der Waals surface area contributed by atoms with Gasteiger partial charge < -0.3 is 14.3 Å². The van der Waals surface area contributed by atoms with Gasteiger partial charge in [-0.1, -0.05) is 34.4 Å². The zero-order valence-electron chi connectivity index (χ0n) is 14.2. The predicted octanol–water partition coefficient (Wildman–Crippen LogP) is 3.06. The lowest BCUT2D eigenvalue weighted by Gasteiger charge is -2.21. The molecule has 1 saturated heterocycles. The summed E-state index contributed by atoms with van der Waals surface area (Å²) in [5.74, 6) is -0.749. The molecule has 0 saturated carbocycles. The molecule has 5 rings (SSSR count). The van der Waals surface area contributed by atoms with Crippen molar-refractivity contribution in [2.45, 2.75) is 6.10 Å². The van der Waals surface area contributed by atoms with Crippen LogP contribution in [0.2, 0.25) is 10.0 Å². The van der Waals surface area contributed by atoms with E-state index in [2.05, 4.69) is 5.16 Å². The van der Waals surface area contributed by atoms with Crippen molar-refractivity contribution in [3.63, 3.8) is 0 Å². The van der Waals surface area contributed by atoms with E-state index in [1.165, 1.54) is 0 Å². The fraction of sp³-hybridized carbons (Fsp3) is 0.211. The van der Waals surface area contributed by atoms with Crippen LogP contribution in [0, 0.1) is 5.92 Å². The maximum absolute atomic E-state index is 13.1. The van der Waals surface area contributed by atoms with E-state index in [9.17, 15) is 9.59 Å². The number of rotatable bonds is 2. The van der Waals surface area contributed by atoms with E-state index >= 15 is 0 Å². The number of carbonyl (C=O) groups excluding carboxylic acids is 2. The first kappa shape index (κ1) is 17.3. The molecule has 2 aromatic carbocycles. The predicted molar refractivity (Wildman–Crippen MR) is 101 cm³/mol. The third-order valence-electron chi connectivity index (χ3n) is 4.80. The molecule has 3 aliphatic heterocycles. The lowest BCUT2D eigenvalue weighted by molar-refractivity contribution is -0.126. The van der Waals surface area contributed by atoms with Crippen LogP contribution in [0.4, 0.5) is 5.69 Å². The average Bonchev–Trinajstić information content (AvgIpc) is 3.22. The van der Waals surface area contributed by atoms with Crippen LogP contribution in [0.25, 0.3) is 0 Å². The van der Waals surface area contributed by atoms with Gasteiger partial charge in [-0.3, -0.25) is 9.59 Å². The Morgan fingerprint density at radius 2 is 1.75 bits per heavy atom. The Bertz CT molecular complexity index is 1050. The van der Waals surface area contributed by atoms with Gasteiger partial charge in [-0.15, -0.1) is 0 Å². The van der Waals surface area contributed by atoms with Crippen LogP contribution < -0.4 is 14.4 Å². The van der Waals surface area contributed by atoms with Crippen LogP contribution in [-0.2, 0) is 14.4 Å². The molecule has 1 fully saturated rings. The van der Waals surface area contributed by atoms with E-state index in [1.54, 1.807) is 36.4 Å². The summed E-state index contributed by atoms with van der Waals surface area (Å²) in [5.41, 5.74) is 1.20. The first-order valence-corrected chi connectivity index (χ1v) is 9.27. The monoisotopic (exact) mass is 418 g/mol. The van der Waals surface area contributed by atoms with Gasteiger partial charge in [-0.2, -0.15) is 0 Å². The van der Waals surface area contributed by atoms with Crippen molar-refractivity contribution >= 4 is 46.4 Å². The molecule has 3 heterocycles. The molecule has 28 heavy (non-hydrogen) atoms. The highest BCUT2D eigenvalue weighted by Crippen LogP contribution is 2.40. The van der Waals surface area contributed by atoms with E-state index in [-0.39, 0.29) is 0 Å². The molecule has 0 aliphatic carbocycles. The van der Waals surface area contributed by atoms with Gasteiger partial charge >= 0.3 is 0 Å². The number of halogens is 2. The summed E-state index contributed by atoms with van der Waals surface area (Å²) in [6, 6.07) is 9.75. The standard InChI is InChI=1S/C19H12Cl2N2O5/c20-9-1-3-11(12(21)7-9)16-15-17(28-22-16)19(25)23(18(15)24)10-2-4-13-14(8-10)27-6-5-26-13/h1-4,7-8,15,17H,5-6H2. The lowest BCUT2D eigenvalue weighted by atomic mass is 9.94. The molecule has 0 N–H and O–H groups in total. The number of imide groups is 1. The summed E-state index contributed by atoms with van der Waals surface area (Å²) >= 11 is 12.2. The molecule has 142 valence electrons. The number of fused-ring (bicyclic) bond motifs is 2. The van der Waals surface area contributed by atoms with Crippen LogP contribution in [0.3, 0.4) is 0 Å². The number of anilines is 1. The fourth-order valence-electron chi connectivity index (χ4n) is 3.52. The largest absolute Gasteiger partial charge is 0.486 e. The Hall–Kier alpha value is -2.77. The number of amides is 2. The molecule has 2 amide bonds. The van der Waals surface area contributed by atoms with Crippen molar-refractivity contribution in [1.29, 1.82) is 0 Å². The van der Waals surface area contributed by atoms with Gasteiger partial charge in [-0.05, 0) is 24.3 Å². The fourth-order valence-corrected chi connectivity index (χ4v) is 4.03. The van der Waals surface area contributed by atoms with Crippen LogP contribution in [0.5, 0.6) is 11.5 Å². The molecule has 2 unspecified atom stereocenters. The first-order chi connectivity index (χ1) is 13.5. The van der Waals surface area contributed by atoms with Crippen LogP contribution in [0.1, 0.15) is 5.56 Å². The number of hydrogen-bond donors (Lipinski definition) is 0. The number of hydrogen-bond acceptors (Lipinski definition) is 6. The Morgan fingerprint density at radius 3 is 2.54 bits per heavy atom. The van der Waals surface area contributed by atoms with Crippen molar-refractivity contribution in [1.82, 2.24) is 0 Å². The summed E-state index contributed by atoms with van der Waals surface area (Å²) in [4.78, 5) is 32.4. The molecule has 2 aromatic rings. The first-order valence-electron chi connectivity index (χ1n) is 8.51. The maximum atomic E-state index is 13.1. The summed E-state index contributed by atoms with van der Waals surface area (Å²) in [6.45, 7) is 0.853. The summed E-state index contributed by atoms with van der Waals surface area (Å²) in [6.07, 6.45) is -1.03. The molecular weight excluding hydrogens is 407 g/mol. The Morgan fingerprint density at radius 1 is 0.964 bits per heavy atom. The molecule has 2 atom stereocenters. The van der Waals surface area contributed by atoms with E-state index in [4.69, 9.17) is 37.5 Å². The summed E-state index contributed by atoms with van der Waals surface area (Å²) in [7, 11) is 0. The van der Waals surface area contributed by atoms with Gasteiger partial charge in [0.25, 0.3) is 5.91 Å². The van der Waals surface area contributed by atoms with Crippen LogP contribution >= 0.6 is 23.2 Å². The van der Waals surface area contributed by atoms with E-state index < -0.39 is 23.8 Å². The molecule has 0 spiro atoms. The molecule has 0 bridgehead atoms. The highest BCUT2D eigenvalue weighted by Gasteiger charge is 2.56. The SMILES string of the molecule is O=C1C2ON=C(c3ccc(Cl)cc3Cl)C2C(=O)N1c1ccc2c(c1)OCCO2. The minimum atomic E-state index is -1.03. The second-order valence-corrected chi connectivity index (χ2v) is 7.29. The second kappa shape index (κ2) is 6.39. The van der Waals surface area contributed by atoms with Crippen molar-refractivity contribution in [3.05, 3.63) is 52.0 Å². The highest BCUT2D eigenvalue weighted by molar-refractivity contribution is 6.39. The van der Waals surface area contributed by atoms with E-state index in [1.807, 2.05) is 0 Å². The normalized spacial score (nSPS) is 22.8. The number of ether oxygens (including phenoxy) is 2. The van der Waals surface area contributed by atoms with Crippen LogP contribution in [-0.4, -0.2) is 36.8 Å². The molecular formula is C19H12Cl2N2O5. The molecule has 3 aliphatic rings. The van der Waals surface area contributed by atoms with Crippen molar-refractivity contribution < 1.29 is 23.9 Å². The zero-order chi connectivity index (χ0) is 19.4. The van der Waals surface area contributed by atoms with Gasteiger partial charge in [-0.25, -0.2) is 4.90 Å². The molecule has 0 aromatic heterocycles. The zero-order valence-corrected chi connectivity index (χ0v) is 15.7. The molecule has 7 nitrogen and oxygen atoms in total. The Kier molecular flexibility index (Phi) is 3.96. The summed E-state index contributed by atoms with van der Waals surface area (Å²) < 4.78 is 11.0. The quantitative estimate of drug-likeness (QED) is 0.700. The molecule has 9 heteroatoms. The van der Waals surface area contributed by atoms with Gasteiger partial charge in [0.2, 0.25) is 12.0 Å². The molecule has 0 radical (unpaired) electrons. The highest BCUT2D eigenvalue weighted by atomic mass is 35.5. The number of carbonyl (C=O) groups is 2. The van der Waals surface area contributed by atoms with E-state index in [0.29, 0.717) is 51.7 Å². The van der Waals surface area contributed by atoms with Crippen LogP contribution in [0.15, 0.2) is 41.6 Å². The smallest absolute Gasteiger partial charge is 0.278 e. The second-order valence-electron chi connectivity index (χ2n) is 6.44. The van der Waals surface area contributed by atoms with Gasteiger partial charge in [0, 0.05) is 16.7 Å². The third-order valence-corrected chi connectivity index (χ3v) is 5.35. The van der Waals surface area contributed by atoms with E-state index in [0.717, 1.165) is 4.90 Å². The number of nitrogens with zero attached hydrogens (tertiary/aromatic N) is 2. The number of benzene rings is 2. The minimum Gasteiger partial charge on any atom is -0.486 e. The van der Waals surface area contributed by atoms with Gasteiger partial charge in [0.15, 0.2) is 11.5 Å². The summed E-state index contributed by atoms with van der Waals surface area (Å²) in [5, 5.41) is 4.74. The van der Waals surface area contributed by atoms with Crippen molar-refractivity contribution in [2.75, 3.05) is 18.1 Å². The lowest BCUT2D eigenvalue weighted by Crippen LogP contribution is -2.33. The van der Waals surface area contributed by atoms with Crippen molar-refractivity contribution in [2.24, 2.45) is 11.1 Å². The number of oxime groups is 1. The van der Waals surface area contributed by atoms with Gasteiger partial charge in [0.1, 0.15) is 24.8 Å². The Balaban J connectivity index is 1.50. The van der Waals surface area contributed by atoms with Gasteiger partial charge in [0.05, 0.1) is 10.7 Å².